The highest BCUT2D eigenvalue weighted by Crippen LogP contribution is 2.21. The van der Waals surface area contributed by atoms with Crippen molar-refractivity contribution < 1.29 is 4.79 Å². The van der Waals surface area contributed by atoms with E-state index in [0.717, 1.165) is 37.1 Å². The highest BCUT2D eigenvalue weighted by molar-refractivity contribution is 5.95. The van der Waals surface area contributed by atoms with Crippen molar-refractivity contribution in [2.45, 2.75) is 45.6 Å². The Morgan fingerprint density at radius 3 is 2.67 bits per heavy atom. The Labute approximate surface area is 125 Å². The fourth-order valence-electron chi connectivity index (χ4n) is 2.44. The van der Waals surface area contributed by atoms with Crippen LogP contribution >= 0.6 is 0 Å². The molecular formula is C17H21N3O. The molecule has 0 radical (unpaired) electrons. The van der Waals surface area contributed by atoms with E-state index in [9.17, 15) is 4.79 Å². The van der Waals surface area contributed by atoms with E-state index < -0.39 is 0 Å². The third-order valence-electron chi connectivity index (χ3n) is 3.79. The quantitative estimate of drug-likeness (QED) is 0.917. The number of carbonyl (C=O) groups is 1. The van der Waals surface area contributed by atoms with Gasteiger partial charge in [0.15, 0.2) is 0 Å². The molecule has 1 saturated carbocycles. The van der Waals surface area contributed by atoms with E-state index in [1.54, 1.807) is 6.20 Å². The van der Waals surface area contributed by atoms with Gasteiger partial charge in [0.1, 0.15) is 0 Å². The Hall–Kier alpha value is -2.10. The molecule has 0 spiro atoms. The highest BCUT2D eigenvalue weighted by Gasteiger charge is 2.26. The maximum absolute atomic E-state index is 12.3. The van der Waals surface area contributed by atoms with Crippen LogP contribution in [0.15, 0.2) is 30.5 Å². The number of nitrogens with one attached hydrogen (secondary N) is 1. The van der Waals surface area contributed by atoms with Crippen LogP contribution in [0, 0.1) is 6.92 Å². The summed E-state index contributed by atoms with van der Waals surface area (Å²) in [6.45, 7) is 4.18. The normalized spacial score (nSPS) is 14.2. The summed E-state index contributed by atoms with van der Waals surface area (Å²) in [5, 5.41) is 7.49. The van der Waals surface area contributed by atoms with Gasteiger partial charge in [-0.25, -0.2) is 4.68 Å². The molecular weight excluding hydrogens is 262 g/mol. The molecule has 1 aliphatic rings. The molecule has 1 aromatic heterocycles. The minimum absolute atomic E-state index is 0.0133. The predicted octanol–water partition coefficient (Wildman–Crippen LogP) is 3.03. The van der Waals surface area contributed by atoms with Crippen LogP contribution in [0.2, 0.25) is 0 Å². The highest BCUT2D eigenvalue weighted by atomic mass is 16.1. The molecule has 1 amide bonds. The molecule has 4 heteroatoms. The van der Waals surface area contributed by atoms with Gasteiger partial charge in [0.05, 0.1) is 23.1 Å². The molecule has 4 nitrogen and oxygen atoms in total. The SMILES string of the molecule is CCCc1c(C(=O)NC2CC2)cnn1-c1ccc(C)cc1. The summed E-state index contributed by atoms with van der Waals surface area (Å²) in [5.41, 5.74) is 3.94. The monoisotopic (exact) mass is 283 g/mol. The lowest BCUT2D eigenvalue weighted by atomic mass is 10.1. The maximum Gasteiger partial charge on any atom is 0.254 e. The molecule has 3 rings (SSSR count). The van der Waals surface area contributed by atoms with E-state index in [1.807, 2.05) is 16.8 Å². The summed E-state index contributed by atoms with van der Waals surface area (Å²) in [7, 11) is 0. The summed E-state index contributed by atoms with van der Waals surface area (Å²) >= 11 is 0. The van der Waals surface area contributed by atoms with Crippen molar-refractivity contribution >= 4 is 5.91 Å². The average Bonchev–Trinajstić information content (AvgIpc) is 3.18. The van der Waals surface area contributed by atoms with Gasteiger partial charge in [0.2, 0.25) is 0 Å². The Kier molecular flexibility index (Phi) is 3.78. The third kappa shape index (κ3) is 2.99. The first-order chi connectivity index (χ1) is 10.2. The Morgan fingerprint density at radius 1 is 1.33 bits per heavy atom. The second-order valence-electron chi connectivity index (χ2n) is 5.75. The summed E-state index contributed by atoms with van der Waals surface area (Å²) in [6.07, 6.45) is 5.73. The van der Waals surface area contributed by atoms with Crippen LogP contribution in [0.5, 0.6) is 0 Å². The standard InChI is InChI=1S/C17H21N3O/c1-3-4-16-15(17(21)19-13-7-8-13)11-18-20(16)14-9-5-12(2)6-10-14/h5-6,9-11,13H,3-4,7-8H2,1-2H3,(H,19,21). The van der Waals surface area contributed by atoms with Gasteiger partial charge in [-0.3, -0.25) is 4.79 Å². The van der Waals surface area contributed by atoms with Crippen LogP contribution in [0.25, 0.3) is 5.69 Å². The minimum Gasteiger partial charge on any atom is -0.349 e. The summed E-state index contributed by atoms with van der Waals surface area (Å²) < 4.78 is 1.89. The number of aromatic nitrogens is 2. The predicted molar refractivity (Wildman–Crippen MR) is 82.8 cm³/mol. The van der Waals surface area contributed by atoms with Gasteiger partial charge in [-0.1, -0.05) is 31.0 Å². The van der Waals surface area contributed by atoms with Gasteiger partial charge in [-0.15, -0.1) is 0 Å². The zero-order valence-corrected chi connectivity index (χ0v) is 12.6. The van der Waals surface area contributed by atoms with Crippen LogP contribution in [0.4, 0.5) is 0 Å². The van der Waals surface area contributed by atoms with E-state index in [2.05, 4.69) is 36.4 Å². The molecule has 0 unspecified atom stereocenters. The van der Waals surface area contributed by atoms with E-state index >= 15 is 0 Å². The van der Waals surface area contributed by atoms with Crippen LogP contribution in [-0.2, 0) is 6.42 Å². The lowest BCUT2D eigenvalue weighted by Gasteiger charge is -2.09. The van der Waals surface area contributed by atoms with Crippen molar-refractivity contribution in [3.63, 3.8) is 0 Å². The fourth-order valence-corrected chi connectivity index (χ4v) is 2.44. The lowest BCUT2D eigenvalue weighted by Crippen LogP contribution is -2.26. The maximum atomic E-state index is 12.3. The van der Waals surface area contributed by atoms with Crippen LogP contribution in [0.3, 0.4) is 0 Å². The van der Waals surface area contributed by atoms with Crippen molar-refractivity contribution in [3.8, 4) is 5.69 Å². The number of carbonyl (C=O) groups excluding carboxylic acids is 1. The largest absolute Gasteiger partial charge is 0.349 e. The molecule has 0 aliphatic heterocycles. The van der Waals surface area contributed by atoms with Crippen molar-refractivity contribution in [3.05, 3.63) is 47.3 Å². The molecule has 1 aromatic carbocycles. The summed E-state index contributed by atoms with van der Waals surface area (Å²) in [4.78, 5) is 12.3. The first-order valence-corrected chi connectivity index (χ1v) is 7.64. The zero-order valence-electron chi connectivity index (χ0n) is 12.6. The number of amides is 1. The molecule has 21 heavy (non-hydrogen) atoms. The van der Waals surface area contributed by atoms with Crippen LogP contribution < -0.4 is 5.32 Å². The molecule has 1 fully saturated rings. The van der Waals surface area contributed by atoms with Crippen molar-refractivity contribution in [1.29, 1.82) is 0 Å². The lowest BCUT2D eigenvalue weighted by molar-refractivity contribution is 0.0950. The van der Waals surface area contributed by atoms with Crippen molar-refractivity contribution in [2.75, 3.05) is 0 Å². The smallest absolute Gasteiger partial charge is 0.254 e. The number of benzene rings is 1. The average molecular weight is 283 g/mol. The molecule has 1 heterocycles. The number of aryl methyl sites for hydroxylation is 1. The van der Waals surface area contributed by atoms with Gasteiger partial charge in [0.25, 0.3) is 5.91 Å². The van der Waals surface area contributed by atoms with Gasteiger partial charge in [-0.2, -0.15) is 5.10 Å². The van der Waals surface area contributed by atoms with Gasteiger partial charge < -0.3 is 5.32 Å². The zero-order chi connectivity index (χ0) is 14.8. The Morgan fingerprint density at radius 2 is 2.05 bits per heavy atom. The summed E-state index contributed by atoms with van der Waals surface area (Å²) in [5.74, 6) is 0.0133. The molecule has 1 N–H and O–H groups in total. The number of hydrogen-bond donors (Lipinski definition) is 1. The molecule has 0 saturated heterocycles. The Balaban J connectivity index is 1.94. The van der Waals surface area contributed by atoms with E-state index in [1.165, 1.54) is 5.56 Å². The van der Waals surface area contributed by atoms with E-state index in [0.29, 0.717) is 11.6 Å². The molecule has 2 aromatic rings. The van der Waals surface area contributed by atoms with Crippen LogP contribution in [-0.4, -0.2) is 21.7 Å². The number of nitrogens with zero attached hydrogens (tertiary/aromatic N) is 2. The van der Waals surface area contributed by atoms with Gasteiger partial charge in [0, 0.05) is 6.04 Å². The van der Waals surface area contributed by atoms with Crippen LogP contribution in [0.1, 0.15) is 47.8 Å². The van der Waals surface area contributed by atoms with Crippen molar-refractivity contribution in [1.82, 2.24) is 15.1 Å². The first kappa shape index (κ1) is 13.9. The molecule has 0 atom stereocenters. The molecule has 1 aliphatic carbocycles. The number of rotatable bonds is 5. The minimum atomic E-state index is 0.0133. The van der Waals surface area contributed by atoms with Gasteiger partial charge >= 0.3 is 0 Å². The fraction of sp³-hybridized carbons (Fsp3) is 0.412. The third-order valence-corrected chi connectivity index (χ3v) is 3.79. The topological polar surface area (TPSA) is 46.9 Å². The molecule has 0 bridgehead atoms. The number of hydrogen-bond acceptors (Lipinski definition) is 2. The Bertz CT molecular complexity index is 639. The summed E-state index contributed by atoms with van der Waals surface area (Å²) in [6, 6.07) is 8.59. The van der Waals surface area contributed by atoms with E-state index in [4.69, 9.17) is 0 Å². The second kappa shape index (κ2) is 5.72. The first-order valence-electron chi connectivity index (χ1n) is 7.64. The van der Waals surface area contributed by atoms with Crippen molar-refractivity contribution in [2.24, 2.45) is 0 Å². The second-order valence-corrected chi connectivity index (χ2v) is 5.75. The molecule has 110 valence electrons. The van der Waals surface area contributed by atoms with Gasteiger partial charge in [-0.05, 0) is 38.3 Å². The van der Waals surface area contributed by atoms with E-state index in [-0.39, 0.29) is 5.91 Å².